The van der Waals surface area contributed by atoms with Gasteiger partial charge in [-0.1, -0.05) is 30.4 Å². The van der Waals surface area contributed by atoms with Gasteiger partial charge in [-0.05, 0) is 11.8 Å². The van der Waals surface area contributed by atoms with Crippen LogP contribution >= 0.6 is 11.8 Å². The number of carbonyl (C=O) groups is 1. The van der Waals surface area contributed by atoms with Crippen LogP contribution in [-0.4, -0.2) is 30.4 Å². The maximum absolute atomic E-state index is 10.9. The molecule has 0 radical (unpaired) electrons. The van der Waals surface area contributed by atoms with E-state index in [9.17, 15) is 4.79 Å². The van der Waals surface area contributed by atoms with E-state index in [1.54, 1.807) is 0 Å². The van der Waals surface area contributed by atoms with Crippen molar-refractivity contribution in [3.63, 3.8) is 0 Å². The molecule has 0 aromatic rings. The molecule has 0 aliphatic heterocycles. The maximum atomic E-state index is 10.9. The molecule has 74 valence electrons. The molecular weight excluding hydrogens is 188 g/mol. The number of nitrogens with one attached hydrogen (secondary N) is 1. The van der Waals surface area contributed by atoms with Gasteiger partial charge in [-0.25, -0.2) is 0 Å². The summed E-state index contributed by atoms with van der Waals surface area (Å²) >= 11 is 1.24. The molecule has 0 aliphatic rings. The predicted molar refractivity (Wildman–Crippen MR) is 56.2 cm³/mol. The molecule has 0 bridgehead atoms. The molecule has 0 fully saturated rings. The van der Waals surface area contributed by atoms with E-state index in [4.69, 9.17) is 4.84 Å². The van der Waals surface area contributed by atoms with E-state index < -0.39 is 0 Å². The molecular formula is C8H14N2O2S. The van der Waals surface area contributed by atoms with Crippen molar-refractivity contribution >= 4 is 23.2 Å². The lowest BCUT2D eigenvalue weighted by molar-refractivity contribution is 0.149. The zero-order chi connectivity index (χ0) is 9.94. The molecule has 13 heavy (non-hydrogen) atoms. The van der Waals surface area contributed by atoms with Crippen LogP contribution in [0.4, 0.5) is 4.79 Å². The number of allylic oxidation sites excluding steroid dienone is 1. The summed E-state index contributed by atoms with van der Waals surface area (Å²) < 4.78 is 0. The van der Waals surface area contributed by atoms with Crippen molar-refractivity contribution in [1.82, 2.24) is 5.32 Å². The van der Waals surface area contributed by atoms with Crippen molar-refractivity contribution in [1.29, 1.82) is 0 Å². The van der Waals surface area contributed by atoms with Gasteiger partial charge in [0.25, 0.3) is 5.24 Å². The SMILES string of the molecule is C=CC=NOCCNC(=O)SCC. The minimum Gasteiger partial charge on any atom is -0.394 e. The van der Waals surface area contributed by atoms with Crippen LogP contribution in [0, 0.1) is 0 Å². The number of thioether (sulfide) groups is 1. The van der Waals surface area contributed by atoms with E-state index in [2.05, 4.69) is 17.1 Å². The second kappa shape index (κ2) is 9.12. The quantitative estimate of drug-likeness (QED) is 0.404. The minimum atomic E-state index is -0.0289. The summed E-state index contributed by atoms with van der Waals surface area (Å²) in [7, 11) is 0. The van der Waals surface area contributed by atoms with Crippen molar-refractivity contribution in [3.05, 3.63) is 12.7 Å². The lowest BCUT2D eigenvalue weighted by Crippen LogP contribution is -2.22. The Balaban J connectivity index is 3.20. The van der Waals surface area contributed by atoms with E-state index >= 15 is 0 Å². The zero-order valence-electron chi connectivity index (χ0n) is 7.66. The van der Waals surface area contributed by atoms with E-state index in [1.807, 2.05) is 6.92 Å². The van der Waals surface area contributed by atoms with E-state index in [0.717, 1.165) is 5.75 Å². The van der Waals surface area contributed by atoms with Gasteiger partial charge in [0.2, 0.25) is 0 Å². The number of hydrogen-bond acceptors (Lipinski definition) is 4. The molecule has 1 N–H and O–H groups in total. The maximum Gasteiger partial charge on any atom is 0.279 e. The third kappa shape index (κ3) is 8.94. The van der Waals surface area contributed by atoms with Gasteiger partial charge < -0.3 is 10.2 Å². The Morgan fingerprint density at radius 2 is 2.54 bits per heavy atom. The van der Waals surface area contributed by atoms with Gasteiger partial charge in [-0.3, -0.25) is 4.79 Å². The van der Waals surface area contributed by atoms with Gasteiger partial charge in [-0.2, -0.15) is 0 Å². The highest BCUT2D eigenvalue weighted by atomic mass is 32.2. The topological polar surface area (TPSA) is 50.7 Å². The highest BCUT2D eigenvalue weighted by Crippen LogP contribution is 1.97. The van der Waals surface area contributed by atoms with Gasteiger partial charge in [-0.15, -0.1) is 0 Å². The monoisotopic (exact) mass is 202 g/mol. The molecule has 0 aromatic carbocycles. The standard InChI is InChI=1S/C8H14N2O2S/c1-3-5-10-12-7-6-9-8(11)13-4-2/h3,5H,1,4,6-7H2,2H3,(H,9,11). The second-order valence-corrected chi connectivity index (χ2v) is 3.21. The average Bonchev–Trinajstić information content (AvgIpc) is 2.11. The van der Waals surface area contributed by atoms with Crippen molar-refractivity contribution in [3.8, 4) is 0 Å². The molecule has 0 atom stereocenters. The molecule has 0 saturated carbocycles. The van der Waals surface area contributed by atoms with Crippen LogP contribution in [0.3, 0.4) is 0 Å². The van der Waals surface area contributed by atoms with Crippen molar-refractivity contribution in [2.45, 2.75) is 6.92 Å². The lowest BCUT2D eigenvalue weighted by Gasteiger charge is -2.01. The van der Waals surface area contributed by atoms with Crippen LogP contribution in [0.25, 0.3) is 0 Å². The summed E-state index contributed by atoms with van der Waals surface area (Å²) in [5, 5.41) is 6.16. The molecule has 0 unspecified atom stereocenters. The second-order valence-electron chi connectivity index (χ2n) is 1.97. The molecule has 0 rings (SSSR count). The highest BCUT2D eigenvalue weighted by Gasteiger charge is 1.97. The van der Waals surface area contributed by atoms with Gasteiger partial charge in [0.05, 0.1) is 12.8 Å². The van der Waals surface area contributed by atoms with Crippen LogP contribution in [0.5, 0.6) is 0 Å². The van der Waals surface area contributed by atoms with E-state index in [1.165, 1.54) is 24.1 Å². The first-order valence-corrected chi connectivity index (χ1v) is 4.96. The molecule has 0 saturated heterocycles. The fourth-order valence-electron chi connectivity index (χ4n) is 0.520. The fraction of sp³-hybridized carbons (Fsp3) is 0.500. The smallest absolute Gasteiger partial charge is 0.279 e. The van der Waals surface area contributed by atoms with Crippen LogP contribution in [0.2, 0.25) is 0 Å². The van der Waals surface area contributed by atoms with Crippen LogP contribution in [0.1, 0.15) is 6.92 Å². The minimum absolute atomic E-state index is 0.0289. The number of hydrogen-bond donors (Lipinski definition) is 1. The molecule has 4 nitrogen and oxygen atoms in total. The van der Waals surface area contributed by atoms with Gasteiger partial charge >= 0.3 is 0 Å². The average molecular weight is 202 g/mol. The van der Waals surface area contributed by atoms with Gasteiger partial charge in [0.15, 0.2) is 0 Å². The Bertz CT molecular complexity index is 183. The Morgan fingerprint density at radius 3 is 3.15 bits per heavy atom. The molecule has 1 amide bonds. The van der Waals surface area contributed by atoms with Crippen LogP contribution < -0.4 is 5.32 Å². The zero-order valence-corrected chi connectivity index (χ0v) is 8.47. The summed E-state index contributed by atoms with van der Waals surface area (Å²) in [6.07, 6.45) is 2.97. The predicted octanol–water partition coefficient (Wildman–Crippen LogP) is 1.64. The van der Waals surface area contributed by atoms with E-state index in [0.29, 0.717) is 13.2 Å². The molecule has 0 heterocycles. The normalized spacial score (nSPS) is 9.92. The molecule has 0 spiro atoms. The summed E-state index contributed by atoms with van der Waals surface area (Å²) in [6, 6.07) is 0. The number of nitrogens with zero attached hydrogens (tertiary/aromatic N) is 1. The first-order chi connectivity index (χ1) is 6.31. The van der Waals surface area contributed by atoms with Crippen molar-refractivity contribution in [2.75, 3.05) is 18.9 Å². The third-order valence-electron chi connectivity index (χ3n) is 0.979. The number of rotatable bonds is 6. The Morgan fingerprint density at radius 1 is 1.77 bits per heavy atom. The number of oxime groups is 1. The molecule has 0 aliphatic carbocycles. The Kier molecular flexibility index (Phi) is 8.44. The number of carbonyl (C=O) groups excluding carboxylic acids is 1. The van der Waals surface area contributed by atoms with Gasteiger partial charge in [0.1, 0.15) is 6.61 Å². The van der Waals surface area contributed by atoms with E-state index in [-0.39, 0.29) is 5.24 Å². The van der Waals surface area contributed by atoms with Crippen LogP contribution in [0.15, 0.2) is 17.8 Å². The Labute approximate surface area is 82.4 Å². The summed E-state index contributed by atoms with van der Waals surface area (Å²) in [5.74, 6) is 0.779. The first-order valence-electron chi connectivity index (χ1n) is 3.98. The summed E-state index contributed by atoms with van der Waals surface area (Å²) in [4.78, 5) is 15.7. The summed E-state index contributed by atoms with van der Waals surface area (Å²) in [6.45, 7) is 6.20. The Hall–Kier alpha value is -0.970. The van der Waals surface area contributed by atoms with Gasteiger partial charge in [0, 0.05) is 0 Å². The van der Waals surface area contributed by atoms with Crippen LogP contribution in [-0.2, 0) is 4.84 Å². The molecule has 5 heteroatoms. The molecule has 0 aromatic heterocycles. The third-order valence-corrected chi connectivity index (χ3v) is 1.67. The highest BCUT2D eigenvalue weighted by molar-refractivity contribution is 8.13. The lowest BCUT2D eigenvalue weighted by atomic mass is 10.7. The summed E-state index contributed by atoms with van der Waals surface area (Å²) in [5.41, 5.74) is 0. The largest absolute Gasteiger partial charge is 0.394 e. The fourth-order valence-corrected chi connectivity index (χ4v) is 0.986. The number of amides is 1. The van der Waals surface area contributed by atoms with Crippen molar-refractivity contribution in [2.24, 2.45) is 5.16 Å². The first kappa shape index (κ1) is 12.0. The van der Waals surface area contributed by atoms with Crippen molar-refractivity contribution < 1.29 is 9.63 Å².